The second kappa shape index (κ2) is 20.3. The lowest BCUT2D eigenvalue weighted by atomic mass is 9.69. The molecule has 2 aliphatic rings. The number of methoxy groups -OCH3 is 1. The van der Waals surface area contributed by atoms with Crippen LogP contribution in [0.5, 0.6) is 23.0 Å². The number of aromatic nitrogens is 3. The van der Waals surface area contributed by atoms with Gasteiger partial charge in [-0.15, -0.1) is 12.4 Å². The third-order valence-electron chi connectivity index (χ3n) is 11.4. The summed E-state index contributed by atoms with van der Waals surface area (Å²) in [4.78, 5) is 23.6. The van der Waals surface area contributed by atoms with E-state index in [2.05, 4.69) is 79.9 Å². The summed E-state index contributed by atoms with van der Waals surface area (Å²) in [5.41, 5.74) is 6.00. The Kier molecular flexibility index (Phi) is 15.2. The lowest BCUT2D eigenvalue weighted by molar-refractivity contribution is -0.131. The van der Waals surface area contributed by atoms with Crippen molar-refractivity contribution in [2.75, 3.05) is 53.7 Å². The monoisotopic (exact) mass is 914 g/mol. The molecule has 0 spiro atoms. The first-order chi connectivity index (χ1) is 29.1. The van der Waals surface area contributed by atoms with Gasteiger partial charge in [0.25, 0.3) is 0 Å². The number of carbonyl (C=O) groups excluding carboxylic acids is 1. The first-order valence-corrected chi connectivity index (χ1v) is 21.6. The summed E-state index contributed by atoms with van der Waals surface area (Å²) in [6.45, 7) is 11.5. The second-order valence-corrected chi connectivity index (χ2v) is 16.2. The van der Waals surface area contributed by atoms with Crippen molar-refractivity contribution in [1.29, 1.82) is 0 Å². The normalized spacial score (nSPS) is 18.0. The van der Waals surface area contributed by atoms with E-state index < -0.39 is 5.60 Å². The fourth-order valence-corrected chi connectivity index (χ4v) is 9.31. The number of halogens is 2. The molecule has 1 saturated heterocycles. The fraction of sp³-hybridized carbons (Fsp3) is 0.396. The molecule has 6 aromatic rings. The van der Waals surface area contributed by atoms with Crippen molar-refractivity contribution in [3.8, 4) is 23.0 Å². The summed E-state index contributed by atoms with van der Waals surface area (Å²) in [7, 11) is 6.07. The zero-order valence-electron chi connectivity index (χ0n) is 36.0. The third-order valence-corrected chi connectivity index (χ3v) is 11.8. The van der Waals surface area contributed by atoms with Crippen molar-refractivity contribution in [2.24, 2.45) is 13.0 Å². The Hall–Kier alpha value is -4.88. The molecule has 0 amide bonds. The van der Waals surface area contributed by atoms with Gasteiger partial charge in [-0.3, -0.25) is 14.9 Å². The van der Waals surface area contributed by atoms with Crippen molar-refractivity contribution in [1.82, 2.24) is 19.4 Å². The standard InChI is InChI=1S/C24H26BrN3O3.C24H29NO4.ClH/c1-27-13-17-8-21-24(30-3,19-5-4-6-20(27)22(17)19)9-15(12-28(21)2)14-31-23(29)16-7-18(25)11-26-10-16;1-5-26-21-10-9-17(14-22(21)27-6-2)13-20-19-16-24(29-8-4)23(28-7-3)15-18(19)11-12-25-20;/h4-7,10-11,13,15,21H,8-9,12,14H2,1-3H3;9-12,14-16H,5-8,13H2,1-4H3;1H. The maximum Gasteiger partial charge on any atom is 0.339 e. The number of esters is 1. The van der Waals surface area contributed by atoms with Crippen LogP contribution in [0.4, 0.5) is 0 Å². The topological polar surface area (TPSA) is 106 Å². The first kappa shape index (κ1) is 45.6. The number of pyridine rings is 2. The van der Waals surface area contributed by atoms with E-state index in [1.165, 1.54) is 28.2 Å². The van der Waals surface area contributed by atoms with Crippen LogP contribution in [0.15, 0.2) is 89.9 Å². The van der Waals surface area contributed by atoms with Crippen molar-refractivity contribution in [3.05, 3.63) is 118 Å². The first-order valence-electron chi connectivity index (χ1n) is 20.8. The number of ether oxygens (including phenoxy) is 6. The molecular weight excluding hydrogens is 860 g/mol. The molecule has 3 unspecified atom stereocenters. The Morgan fingerprint density at radius 1 is 0.869 bits per heavy atom. The van der Waals surface area contributed by atoms with Crippen molar-refractivity contribution in [2.45, 2.75) is 58.6 Å². The SMILES string of the molecule is CCOc1ccc(Cc2nccc3cc(OCC)c(OCC)cc23)cc1OCC.COC12CC(COC(=O)c3cncc(Br)c3)CN(C)C1Cc1cn(C)c3cccc2c13.Cl. The molecule has 0 N–H and O–H groups in total. The predicted molar refractivity (Wildman–Crippen MR) is 245 cm³/mol. The molecule has 0 bridgehead atoms. The molecule has 4 heterocycles. The summed E-state index contributed by atoms with van der Waals surface area (Å²) in [5.74, 6) is 2.87. The molecule has 0 saturated carbocycles. The van der Waals surface area contributed by atoms with E-state index >= 15 is 0 Å². The van der Waals surface area contributed by atoms with Crippen molar-refractivity contribution >= 4 is 56.0 Å². The molecule has 13 heteroatoms. The summed E-state index contributed by atoms with van der Waals surface area (Å²) in [5, 5.41) is 3.46. The molecule has 61 heavy (non-hydrogen) atoms. The van der Waals surface area contributed by atoms with Gasteiger partial charge in [0.2, 0.25) is 0 Å². The number of piperidine rings is 1. The van der Waals surface area contributed by atoms with E-state index in [-0.39, 0.29) is 30.3 Å². The summed E-state index contributed by atoms with van der Waals surface area (Å²) in [6, 6.07) is 20.6. The van der Waals surface area contributed by atoms with E-state index in [1.54, 1.807) is 12.3 Å². The van der Waals surface area contributed by atoms with Crippen LogP contribution in [0.2, 0.25) is 0 Å². The Morgan fingerprint density at radius 2 is 1.57 bits per heavy atom. The van der Waals surface area contributed by atoms with Gasteiger partial charge in [0.15, 0.2) is 23.0 Å². The Bertz CT molecular complexity index is 2460. The second-order valence-electron chi connectivity index (χ2n) is 15.2. The largest absolute Gasteiger partial charge is 0.490 e. The van der Waals surface area contributed by atoms with Crippen LogP contribution in [-0.2, 0) is 35.0 Å². The quantitative estimate of drug-likeness (QED) is 0.0982. The van der Waals surface area contributed by atoms with Gasteiger partial charge in [0.05, 0.1) is 44.3 Å². The summed E-state index contributed by atoms with van der Waals surface area (Å²) >= 11 is 3.35. The molecule has 1 fully saturated rings. The van der Waals surface area contributed by atoms with E-state index in [0.717, 1.165) is 68.9 Å². The minimum absolute atomic E-state index is 0. The van der Waals surface area contributed by atoms with Gasteiger partial charge in [-0.1, -0.05) is 18.2 Å². The van der Waals surface area contributed by atoms with Crippen LogP contribution in [0, 0.1) is 5.92 Å². The zero-order valence-corrected chi connectivity index (χ0v) is 38.4. The van der Waals surface area contributed by atoms with Gasteiger partial charge in [0.1, 0.15) is 5.60 Å². The van der Waals surface area contributed by atoms with Crippen LogP contribution >= 0.6 is 28.3 Å². The number of likely N-dealkylation sites (tertiary alicyclic amines) is 1. The highest BCUT2D eigenvalue weighted by Crippen LogP contribution is 2.49. The van der Waals surface area contributed by atoms with Gasteiger partial charge in [0, 0.05) is 84.6 Å². The average Bonchev–Trinajstić information content (AvgIpc) is 3.57. The number of fused-ring (bicyclic) bond motifs is 3. The highest BCUT2D eigenvalue weighted by molar-refractivity contribution is 9.10. The van der Waals surface area contributed by atoms with Crippen molar-refractivity contribution in [3.63, 3.8) is 0 Å². The maximum absolute atomic E-state index is 12.5. The molecule has 324 valence electrons. The predicted octanol–water partition coefficient (Wildman–Crippen LogP) is 9.75. The highest BCUT2D eigenvalue weighted by Gasteiger charge is 2.52. The highest BCUT2D eigenvalue weighted by atomic mass is 79.9. The lowest BCUT2D eigenvalue weighted by Gasteiger charge is -2.53. The molecule has 3 aromatic heterocycles. The van der Waals surface area contributed by atoms with E-state index in [1.807, 2.05) is 71.3 Å². The lowest BCUT2D eigenvalue weighted by Crippen LogP contribution is -2.59. The summed E-state index contributed by atoms with van der Waals surface area (Å²) in [6.07, 6.45) is 9.73. The molecule has 0 radical (unpaired) electrons. The molecule has 3 atom stereocenters. The molecule has 1 aliphatic heterocycles. The Labute approximate surface area is 373 Å². The molecular formula is C48H56BrClN4O7. The van der Waals surface area contributed by atoms with Crippen LogP contribution < -0.4 is 18.9 Å². The number of aryl methyl sites for hydroxylation is 1. The van der Waals surface area contributed by atoms with Gasteiger partial charge in [-0.2, -0.15) is 0 Å². The third kappa shape index (κ3) is 9.62. The van der Waals surface area contributed by atoms with Crippen LogP contribution in [-0.4, -0.2) is 85.2 Å². The number of rotatable bonds is 14. The van der Waals surface area contributed by atoms with Crippen LogP contribution in [0.25, 0.3) is 21.7 Å². The van der Waals surface area contributed by atoms with Gasteiger partial charge >= 0.3 is 5.97 Å². The fourth-order valence-electron chi connectivity index (χ4n) is 8.94. The van der Waals surface area contributed by atoms with Gasteiger partial charge in [-0.25, -0.2) is 4.79 Å². The number of nitrogens with zero attached hydrogens (tertiary/aromatic N) is 4. The van der Waals surface area contributed by atoms with Crippen LogP contribution in [0.1, 0.15) is 66.9 Å². The smallest absolute Gasteiger partial charge is 0.339 e. The number of likely N-dealkylation sites (N-methyl/N-ethyl adjacent to an activating group) is 1. The number of hydrogen-bond donors (Lipinski definition) is 0. The Balaban J connectivity index is 0.000000201. The number of carbonyl (C=O) groups is 1. The number of hydrogen-bond acceptors (Lipinski definition) is 10. The Morgan fingerprint density at radius 3 is 2.28 bits per heavy atom. The molecule has 3 aromatic carbocycles. The van der Waals surface area contributed by atoms with Gasteiger partial charge < -0.3 is 33.0 Å². The minimum Gasteiger partial charge on any atom is -0.490 e. The zero-order chi connectivity index (χ0) is 42.4. The minimum atomic E-state index is -0.421. The van der Waals surface area contributed by atoms with Crippen LogP contribution in [0.3, 0.4) is 0 Å². The number of benzene rings is 3. The van der Waals surface area contributed by atoms with E-state index in [9.17, 15) is 4.79 Å². The van der Waals surface area contributed by atoms with E-state index in [0.29, 0.717) is 45.0 Å². The summed E-state index contributed by atoms with van der Waals surface area (Å²) < 4.78 is 38.0. The average molecular weight is 916 g/mol. The van der Waals surface area contributed by atoms with Gasteiger partial charge in [-0.05, 0) is 128 Å². The molecule has 1 aliphatic carbocycles. The van der Waals surface area contributed by atoms with Crippen molar-refractivity contribution < 1.29 is 33.2 Å². The maximum atomic E-state index is 12.5. The van der Waals surface area contributed by atoms with E-state index in [4.69, 9.17) is 28.4 Å². The molecule has 8 rings (SSSR count). The molecule has 11 nitrogen and oxygen atoms in total.